The first kappa shape index (κ1) is 13.3. The van der Waals surface area contributed by atoms with Crippen LogP contribution in [0.15, 0.2) is 36.4 Å². The van der Waals surface area contributed by atoms with E-state index in [2.05, 4.69) is 4.74 Å². The lowest BCUT2D eigenvalue weighted by Gasteiger charge is -2.12. The van der Waals surface area contributed by atoms with Crippen LogP contribution in [-0.4, -0.2) is 18.2 Å². The van der Waals surface area contributed by atoms with Crippen molar-refractivity contribution in [3.63, 3.8) is 0 Å². The lowest BCUT2D eigenvalue weighted by atomic mass is 9.95. The second kappa shape index (κ2) is 6.74. The van der Waals surface area contributed by atoms with Gasteiger partial charge in [0, 0.05) is 5.92 Å². The maximum absolute atomic E-state index is 11.3. The van der Waals surface area contributed by atoms with E-state index in [4.69, 9.17) is 0 Å². The molecule has 0 aliphatic rings. The smallest absolute Gasteiger partial charge is 0.306 e. The van der Waals surface area contributed by atoms with Crippen LogP contribution in [0.5, 0.6) is 5.75 Å². The van der Waals surface area contributed by atoms with Gasteiger partial charge >= 0.3 is 5.97 Å². The van der Waals surface area contributed by atoms with Crippen molar-refractivity contribution >= 4 is 5.97 Å². The molecule has 1 N–H and O–H groups in total. The Labute approximate surface area is 102 Å². The van der Waals surface area contributed by atoms with Gasteiger partial charge in [-0.3, -0.25) is 4.79 Å². The zero-order valence-corrected chi connectivity index (χ0v) is 10.2. The van der Waals surface area contributed by atoms with Crippen LogP contribution in [0.2, 0.25) is 0 Å². The summed E-state index contributed by atoms with van der Waals surface area (Å²) in [5.74, 6) is -0.0872. The number of hydrogen-bond acceptors (Lipinski definition) is 3. The summed E-state index contributed by atoms with van der Waals surface area (Å²) in [4.78, 5) is 11.3. The van der Waals surface area contributed by atoms with Crippen molar-refractivity contribution in [1.82, 2.24) is 0 Å². The molecule has 0 aliphatic heterocycles. The molecule has 0 fully saturated rings. The highest BCUT2D eigenvalue weighted by atomic mass is 16.5. The molecule has 3 heteroatoms. The Morgan fingerprint density at radius 3 is 2.88 bits per heavy atom. The number of allylic oxidation sites excluding steroid dienone is 2. The monoisotopic (exact) mass is 234 g/mol. The largest absolute Gasteiger partial charge is 0.508 e. The molecule has 0 spiro atoms. The molecule has 3 nitrogen and oxygen atoms in total. The molecule has 1 rings (SSSR count). The number of rotatable bonds is 5. The van der Waals surface area contributed by atoms with Gasteiger partial charge in [0.15, 0.2) is 0 Å². The summed E-state index contributed by atoms with van der Waals surface area (Å²) < 4.78 is 4.68. The summed E-state index contributed by atoms with van der Waals surface area (Å²) in [5, 5.41) is 9.44. The van der Waals surface area contributed by atoms with Gasteiger partial charge in [0.05, 0.1) is 13.5 Å². The number of carbonyl (C=O) groups is 1. The van der Waals surface area contributed by atoms with E-state index in [0.717, 1.165) is 12.0 Å². The first-order valence-corrected chi connectivity index (χ1v) is 5.69. The Morgan fingerprint density at radius 1 is 1.53 bits per heavy atom. The maximum Gasteiger partial charge on any atom is 0.306 e. The molecule has 1 aromatic rings. The maximum atomic E-state index is 11.3. The van der Waals surface area contributed by atoms with Crippen LogP contribution >= 0.6 is 0 Å². The first-order valence-electron chi connectivity index (χ1n) is 5.69. The van der Waals surface area contributed by atoms with E-state index in [-0.39, 0.29) is 24.1 Å². The van der Waals surface area contributed by atoms with Gasteiger partial charge in [-0.1, -0.05) is 31.2 Å². The fourth-order valence-corrected chi connectivity index (χ4v) is 1.62. The van der Waals surface area contributed by atoms with E-state index in [1.54, 1.807) is 18.2 Å². The van der Waals surface area contributed by atoms with Crippen LogP contribution in [0, 0.1) is 0 Å². The summed E-state index contributed by atoms with van der Waals surface area (Å²) in [6.07, 6.45) is 5.19. The number of benzene rings is 1. The van der Waals surface area contributed by atoms with Gasteiger partial charge in [-0.25, -0.2) is 0 Å². The Kier molecular flexibility index (Phi) is 5.27. The average Bonchev–Trinajstić information content (AvgIpc) is 2.34. The predicted molar refractivity (Wildman–Crippen MR) is 66.9 cm³/mol. The molecule has 0 radical (unpaired) electrons. The third kappa shape index (κ3) is 4.31. The molecule has 0 aromatic heterocycles. The summed E-state index contributed by atoms with van der Waals surface area (Å²) in [6, 6.07) is 6.96. The van der Waals surface area contributed by atoms with E-state index in [9.17, 15) is 9.90 Å². The minimum atomic E-state index is -0.251. The van der Waals surface area contributed by atoms with Crippen LogP contribution in [0.4, 0.5) is 0 Å². The van der Waals surface area contributed by atoms with Crippen LogP contribution in [0.25, 0.3) is 0 Å². The molecule has 0 amide bonds. The van der Waals surface area contributed by atoms with E-state index in [1.165, 1.54) is 7.11 Å². The van der Waals surface area contributed by atoms with Gasteiger partial charge in [-0.05, 0) is 24.1 Å². The molecule has 1 unspecified atom stereocenters. The van der Waals surface area contributed by atoms with Gasteiger partial charge < -0.3 is 9.84 Å². The molecule has 1 atom stereocenters. The van der Waals surface area contributed by atoms with Crippen LogP contribution < -0.4 is 0 Å². The minimum absolute atomic E-state index is 0.0468. The molecule has 0 aliphatic carbocycles. The fourth-order valence-electron chi connectivity index (χ4n) is 1.62. The van der Waals surface area contributed by atoms with Crippen LogP contribution in [0.1, 0.15) is 31.2 Å². The quantitative estimate of drug-likeness (QED) is 0.629. The molecular formula is C14H18O3. The zero-order chi connectivity index (χ0) is 12.7. The average molecular weight is 234 g/mol. The summed E-state index contributed by atoms with van der Waals surface area (Å²) in [7, 11) is 1.38. The van der Waals surface area contributed by atoms with Crippen molar-refractivity contribution in [2.75, 3.05) is 7.11 Å². The molecular weight excluding hydrogens is 216 g/mol. The third-order valence-corrected chi connectivity index (χ3v) is 2.52. The Bertz CT molecular complexity index is 396. The van der Waals surface area contributed by atoms with E-state index in [0.29, 0.717) is 0 Å². The highest BCUT2D eigenvalue weighted by Gasteiger charge is 2.13. The zero-order valence-electron chi connectivity index (χ0n) is 10.2. The van der Waals surface area contributed by atoms with Crippen LogP contribution in [0.3, 0.4) is 0 Å². The third-order valence-electron chi connectivity index (χ3n) is 2.52. The molecule has 1 aromatic carbocycles. The molecule has 0 saturated heterocycles. The van der Waals surface area contributed by atoms with Crippen molar-refractivity contribution < 1.29 is 14.6 Å². The van der Waals surface area contributed by atoms with Gasteiger partial charge in [0.1, 0.15) is 5.75 Å². The number of aromatic hydroxyl groups is 1. The molecule has 17 heavy (non-hydrogen) atoms. The van der Waals surface area contributed by atoms with E-state index >= 15 is 0 Å². The number of hydrogen-bond donors (Lipinski definition) is 1. The van der Waals surface area contributed by atoms with Gasteiger partial charge in [0.2, 0.25) is 0 Å². The standard InChI is InChI=1S/C14H18O3/c1-3-4-6-12(10-14(16)17-2)11-7-5-8-13(15)9-11/h4-9,12,15H,3,10H2,1-2H3. The molecule has 0 heterocycles. The summed E-state index contributed by atoms with van der Waals surface area (Å²) >= 11 is 0. The van der Waals surface area contributed by atoms with Crippen molar-refractivity contribution in [3.8, 4) is 5.75 Å². The second-order valence-electron chi connectivity index (χ2n) is 3.82. The van der Waals surface area contributed by atoms with Crippen molar-refractivity contribution in [2.45, 2.75) is 25.7 Å². The Balaban J connectivity index is 2.89. The van der Waals surface area contributed by atoms with Gasteiger partial charge in [-0.15, -0.1) is 0 Å². The highest BCUT2D eigenvalue weighted by Crippen LogP contribution is 2.25. The first-order chi connectivity index (χ1) is 8.17. The number of esters is 1. The van der Waals surface area contributed by atoms with Crippen molar-refractivity contribution in [1.29, 1.82) is 0 Å². The molecule has 0 saturated carbocycles. The van der Waals surface area contributed by atoms with Crippen molar-refractivity contribution in [2.24, 2.45) is 0 Å². The summed E-state index contributed by atoms with van der Waals surface area (Å²) in [5.41, 5.74) is 0.917. The topological polar surface area (TPSA) is 46.5 Å². The Hall–Kier alpha value is -1.77. The number of phenols is 1. The van der Waals surface area contributed by atoms with E-state index < -0.39 is 0 Å². The minimum Gasteiger partial charge on any atom is -0.508 e. The number of phenolic OH excluding ortho intramolecular Hbond substituents is 1. The molecule has 0 bridgehead atoms. The molecule has 92 valence electrons. The van der Waals surface area contributed by atoms with E-state index in [1.807, 2.05) is 25.1 Å². The van der Waals surface area contributed by atoms with Gasteiger partial charge in [0.25, 0.3) is 0 Å². The van der Waals surface area contributed by atoms with Crippen LogP contribution in [-0.2, 0) is 9.53 Å². The fraction of sp³-hybridized carbons (Fsp3) is 0.357. The summed E-state index contributed by atoms with van der Waals surface area (Å²) in [6.45, 7) is 2.04. The second-order valence-corrected chi connectivity index (χ2v) is 3.82. The van der Waals surface area contributed by atoms with Crippen molar-refractivity contribution in [3.05, 3.63) is 42.0 Å². The number of methoxy groups -OCH3 is 1. The predicted octanol–water partition coefficient (Wildman–Crippen LogP) is 3.01. The lowest BCUT2D eigenvalue weighted by Crippen LogP contribution is -2.06. The number of ether oxygens (including phenoxy) is 1. The Morgan fingerprint density at radius 2 is 2.29 bits per heavy atom. The highest BCUT2D eigenvalue weighted by molar-refractivity contribution is 5.70. The lowest BCUT2D eigenvalue weighted by molar-refractivity contribution is -0.140. The SMILES string of the molecule is CCC=CC(CC(=O)OC)c1cccc(O)c1. The van der Waals surface area contributed by atoms with Gasteiger partial charge in [-0.2, -0.15) is 0 Å². The number of carbonyl (C=O) groups excluding carboxylic acids is 1. The normalized spacial score (nSPS) is 12.6.